The lowest BCUT2D eigenvalue weighted by Gasteiger charge is -2.23. The van der Waals surface area contributed by atoms with E-state index in [0.717, 1.165) is 11.1 Å². The van der Waals surface area contributed by atoms with E-state index in [9.17, 15) is 4.79 Å². The molecule has 2 aromatic carbocycles. The summed E-state index contributed by atoms with van der Waals surface area (Å²) in [6, 6.07) is 13.0. The number of nitrogen functional groups attached to an aromatic ring is 1. The van der Waals surface area contributed by atoms with Crippen molar-refractivity contribution < 1.29 is 4.79 Å². The summed E-state index contributed by atoms with van der Waals surface area (Å²) in [4.78, 5) is 14.5. The Morgan fingerprint density at radius 1 is 1.19 bits per heavy atom. The van der Waals surface area contributed by atoms with Gasteiger partial charge in [0.15, 0.2) is 0 Å². The second-order valence-corrected chi connectivity index (χ2v) is 5.34. The summed E-state index contributed by atoms with van der Waals surface area (Å²) in [5.41, 5.74) is 8.92. The van der Waals surface area contributed by atoms with Crippen LogP contribution in [-0.4, -0.2) is 17.4 Å². The van der Waals surface area contributed by atoms with E-state index in [1.54, 1.807) is 17.0 Å². The number of carbonyl (C=O) groups is 1. The molecule has 0 atom stereocenters. The van der Waals surface area contributed by atoms with Crippen molar-refractivity contribution >= 4 is 23.2 Å². The van der Waals surface area contributed by atoms with Crippen LogP contribution in [0.3, 0.4) is 0 Å². The van der Waals surface area contributed by atoms with Crippen LogP contribution in [0.25, 0.3) is 0 Å². The second kappa shape index (κ2) is 6.64. The highest BCUT2D eigenvalue weighted by molar-refractivity contribution is 6.31. The molecule has 0 unspecified atom stereocenters. The van der Waals surface area contributed by atoms with Gasteiger partial charge < -0.3 is 10.6 Å². The molecule has 2 aromatic rings. The maximum Gasteiger partial charge on any atom is 0.254 e. The molecule has 0 bridgehead atoms. The summed E-state index contributed by atoms with van der Waals surface area (Å²) < 4.78 is 0. The molecule has 0 aliphatic carbocycles. The normalized spacial score (nSPS) is 10.4. The molecule has 0 aromatic heterocycles. The van der Waals surface area contributed by atoms with Gasteiger partial charge in [-0.2, -0.15) is 0 Å². The molecule has 0 saturated heterocycles. The maximum absolute atomic E-state index is 12.7. The highest BCUT2D eigenvalue weighted by Gasteiger charge is 2.18. The van der Waals surface area contributed by atoms with Crippen LogP contribution in [0.4, 0.5) is 5.69 Å². The molecule has 0 aliphatic heterocycles. The molecule has 2 rings (SSSR count). The smallest absolute Gasteiger partial charge is 0.254 e. The molecule has 3 nitrogen and oxygen atoms in total. The minimum absolute atomic E-state index is 0.0257. The summed E-state index contributed by atoms with van der Waals surface area (Å²) >= 11 is 6.17. The average Bonchev–Trinajstić information content (AvgIpc) is 2.48. The number of nitrogens with zero attached hydrogens (tertiary/aromatic N) is 1. The van der Waals surface area contributed by atoms with Crippen LogP contribution in [0.1, 0.15) is 28.4 Å². The van der Waals surface area contributed by atoms with Gasteiger partial charge in [-0.1, -0.05) is 35.9 Å². The van der Waals surface area contributed by atoms with Crippen molar-refractivity contribution in [2.24, 2.45) is 0 Å². The fourth-order valence-electron chi connectivity index (χ4n) is 2.21. The zero-order chi connectivity index (χ0) is 15.4. The van der Waals surface area contributed by atoms with Crippen LogP contribution in [0.15, 0.2) is 42.5 Å². The van der Waals surface area contributed by atoms with Gasteiger partial charge in [0.25, 0.3) is 5.91 Å². The first-order chi connectivity index (χ1) is 10.0. The number of hydrogen-bond acceptors (Lipinski definition) is 2. The fourth-order valence-corrected chi connectivity index (χ4v) is 2.41. The van der Waals surface area contributed by atoms with Crippen molar-refractivity contribution in [1.82, 2.24) is 4.90 Å². The van der Waals surface area contributed by atoms with Crippen LogP contribution in [0, 0.1) is 6.92 Å². The molecule has 21 heavy (non-hydrogen) atoms. The molecule has 110 valence electrons. The molecule has 4 heteroatoms. The Hall–Kier alpha value is -2.00. The number of benzene rings is 2. The third kappa shape index (κ3) is 3.37. The number of anilines is 1. The highest BCUT2D eigenvalue weighted by atomic mass is 35.5. The number of amides is 1. The Kier molecular flexibility index (Phi) is 4.86. The number of rotatable bonds is 4. The van der Waals surface area contributed by atoms with Crippen LogP contribution >= 0.6 is 11.6 Å². The standard InChI is InChI=1S/C17H19ClN2O/c1-3-20(11-13-7-4-5-9-15(13)18)17(21)14-8-6-10-16(19)12(14)2/h4-10H,3,11,19H2,1-2H3. The van der Waals surface area contributed by atoms with Gasteiger partial charge in [0, 0.05) is 29.4 Å². The molecule has 0 fully saturated rings. The highest BCUT2D eigenvalue weighted by Crippen LogP contribution is 2.21. The van der Waals surface area contributed by atoms with Crippen molar-refractivity contribution in [3.05, 3.63) is 64.2 Å². The van der Waals surface area contributed by atoms with E-state index in [4.69, 9.17) is 17.3 Å². The number of carbonyl (C=O) groups excluding carboxylic acids is 1. The zero-order valence-electron chi connectivity index (χ0n) is 12.3. The second-order valence-electron chi connectivity index (χ2n) is 4.93. The van der Waals surface area contributed by atoms with Crippen LogP contribution in [-0.2, 0) is 6.54 Å². The summed E-state index contributed by atoms with van der Waals surface area (Å²) in [5, 5.41) is 0.674. The summed E-state index contributed by atoms with van der Waals surface area (Å²) in [7, 11) is 0. The van der Waals surface area contributed by atoms with Crippen LogP contribution in [0.5, 0.6) is 0 Å². The quantitative estimate of drug-likeness (QED) is 0.871. The Morgan fingerprint density at radius 3 is 2.57 bits per heavy atom. The van der Waals surface area contributed by atoms with Crippen molar-refractivity contribution in [1.29, 1.82) is 0 Å². The van der Waals surface area contributed by atoms with Gasteiger partial charge in [-0.15, -0.1) is 0 Å². The van der Waals surface area contributed by atoms with E-state index >= 15 is 0 Å². The molecular weight excluding hydrogens is 284 g/mol. The van der Waals surface area contributed by atoms with Crippen molar-refractivity contribution in [3.8, 4) is 0 Å². The van der Waals surface area contributed by atoms with E-state index in [1.807, 2.05) is 44.2 Å². The summed E-state index contributed by atoms with van der Waals surface area (Å²) in [5.74, 6) is -0.0257. The van der Waals surface area contributed by atoms with Crippen molar-refractivity contribution in [2.45, 2.75) is 20.4 Å². The summed E-state index contributed by atoms with van der Waals surface area (Å²) in [6.07, 6.45) is 0. The molecular formula is C17H19ClN2O. The number of hydrogen-bond donors (Lipinski definition) is 1. The predicted octanol–water partition coefficient (Wildman–Crippen LogP) is 3.89. The third-order valence-electron chi connectivity index (χ3n) is 3.59. The minimum atomic E-state index is -0.0257. The van der Waals surface area contributed by atoms with Gasteiger partial charge >= 0.3 is 0 Å². The van der Waals surface area contributed by atoms with E-state index in [1.165, 1.54) is 0 Å². The minimum Gasteiger partial charge on any atom is -0.398 e. The molecule has 2 N–H and O–H groups in total. The van der Waals surface area contributed by atoms with Crippen LogP contribution in [0.2, 0.25) is 5.02 Å². The molecule has 0 saturated carbocycles. The first kappa shape index (κ1) is 15.4. The van der Waals surface area contributed by atoms with Crippen molar-refractivity contribution in [2.75, 3.05) is 12.3 Å². The van der Waals surface area contributed by atoms with Gasteiger partial charge in [-0.05, 0) is 43.2 Å². The van der Waals surface area contributed by atoms with E-state index in [2.05, 4.69) is 0 Å². The Labute approximate surface area is 130 Å². The average molecular weight is 303 g/mol. The molecule has 0 heterocycles. The van der Waals surface area contributed by atoms with Gasteiger partial charge in [0.2, 0.25) is 0 Å². The zero-order valence-corrected chi connectivity index (χ0v) is 13.0. The molecule has 0 spiro atoms. The van der Waals surface area contributed by atoms with Gasteiger partial charge in [0.05, 0.1) is 0 Å². The summed E-state index contributed by atoms with van der Waals surface area (Å²) in [6.45, 7) is 4.92. The van der Waals surface area contributed by atoms with E-state index in [-0.39, 0.29) is 5.91 Å². The molecule has 0 radical (unpaired) electrons. The predicted molar refractivity (Wildman–Crippen MR) is 87.5 cm³/mol. The topological polar surface area (TPSA) is 46.3 Å². The van der Waals surface area contributed by atoms with Gasteiger partial charge in [-0.25, -0.2) is 0 Å². The van der Waals surface area contributed by atoms with Gasteiger partial charge in [0.1, 0.15) is 0 Å². The maximum atomic E-state index is 12.7. The van der Waals surface area contributed by atoms with Gasteiger partial charge in [-0.3, -0.25) is 4.79 Å². The largest absolute Gasteiger partial charge is 0.398 e. The molecule has 0 aliphatic rings. The fraction of sp³-hybridized carbons (Fsp3) is 0.235. The first-order valence-electron chi connectivity index (χ1n) is 6.92. The lowest BCUT2D eigenvalue weighted by molar-refractivity contribution is 0.0752. The molecule has 1 amide bonds. The van der Waals surface area contributed by atoms with E-state index in [0.29, 0.717) is 29.4 Å². The SMILES string of the molecule is CCN(Cc1ccccc1Cl)C(=O)c1cccc(N)c1C. The van der Waals surface area contributed by atoms with E-state index < -0.39 is 0 Å². The van der Waals surface area contributed by atoms with Crippen LogP contribution < -0.4 is 5.73 Å². The lowest BCUT2D eigenvalue weighted by Crippen LogP contribution is -2.31. The first-order valence-corrected chi connectivity index (χ1v) is 7.30. The number of nitrogens with two attached hydrogens (primary N) is 1. The Bertz CT molecular complexity index is 655. The van der Waals surface area contributed by atoms with Crippen molar-refractivity contribution in [3.63, 3.8) is 0 Å². The Morgan fingerprint density at radius 2 is 1.90 bits per heavy atom. The Balaban J connectivity index is 2.27. The lowest BCUT2D eigenvalue weighted by atomic mass is 10.1. The third-order valence-corrected chi connectivity index (χ3v) is 3.96. The number of halogens is 1. The monoisotopic (exact) mass is 302 g/mol.